The van der Waals surface area contributed by atoms with Crippen molar-refractivity contribution in [2.24, 2.45) is 0 Å². The van der Waals surface area contributed by atoms with Crippen LogP contribution in [-0.4, -0.2) is 46.9 Å². The van der Waals surface area contributed by atoms with Gasteiger partial charge in [0, 0.05) is 18.7 Å². The average molecular weight is 321 g/mol. The molecule has 1 aromatic rings. The molecule has 0 aromatic carbocycles. The van der Waals surface area contributed by atoms with E-state index >= 15 is 0 Å². The second-order valence-electron chi connectivity index (χ2n) is 5.77. The Hall–Kier alpha value is -1.07. The first-order valence-corrected chi connectivity index (χ1v) is 9.59. The Labute approximate surface area is 138 Å². The Bertz CT molecular complexity index is 433. The van der Waals surface area contributed by atoms with E-state index in [9.17, 15) is 4.79 Å². The summed E-state index contributed by atoms with van der Waals surface area (Å²) in [5.41, 5.74) is 0.984. The Morgan fingerprint density at radius 1 is 1.41 bits per heavy atom. The zero-order chi connectivity index (χ0) is 15.6. The third-order valence-corrected chi connectivity index (χ3v) is 4.80. The maximum atomic E-state index is 12.7. The normalized spacial score (nSPS) is 18.7. The van der Waals surface area contributed by atoms with Gasteiger partial charge in [-0.1, -0.05) is 6.07 Å². The van der Waals surface area contributed by atoms with Crippen LogP contribution in [0.1, 0.15) is 37.8 Å². The summed E-state index contributed by atoms with van der Waals surface area (Å²) in [5, 5.41) is 3.43. The summed E-state index contributed by atoms with van der Waals surface area (Å²) in [6.45, 7) is 2.71. The molecular weight excluding hydrogens is 294 g/mol. The number of carbonyl (C=O) groups is 1. The number of amides is 1. The third-order valence-electron chi connectivity index (χ3n) is 4.10. The predicted molar refractivity (Wildman–Crippen MR) is 92.9 cm³/mol. The smallest absolute Gasteiger partial charge is 0.223 e. The van der Waals surface area contributed by atoms with Crippen LogP contribution in [0.4, 0.5) is 0 Å². The minimum atomic E-state index is 0.284. The van der Waals surface area contributed by atoms with E-state index in [-0.39, 0.29) is 5.91 Å². The van der Waals surface area contributed by atoms with Crippen molar-refractivity contribution in [1.29, 1.82) is 0 Å². The van der Waals surface area contributed by atoms with Crippen molar-refractivity contribution >= 4 is 17.7 Å². The van der Waals surface area contributed by atoms with Gasteiger partial charge in [-0.05, 0) is 62.9 Å². The van der Waals surface area contributed by atoms with E-state index < -0.39 is 0 Å². The Balaban J connectivity index is 2.03. The Kier molecular flexibility index (Phi) is 7.74. The van der Waals surface area contributed by atoms with E-state index in [1.807, 2.05) is 18.2 Å². The van der Waals surface area contributed by atoms with Crippen LogP contribution < -0.4 is 5.32 Å². The maximum absolute atomic E-state index is 12.7. The first kappa shape index (κ1) is 17.3. The molecule has 0 spiro atoms. The third kappa shape index (κ3) is 5.61. The standard InChI is InChI=1S/C17H27N3OS/c1-22-13-5-8-17(21)20(14-15-6-2-3-11-19-15)16-7-4-10-18-12-9-16/h2-3,6,11,16,18H,4-5,7-10,12-14H2,1H3. The number of rotatable bonds is 7. The number of hydrogen-bond donors (Lipinski definition) is 1. The van der Waals surface area contributed by atoms with Crippen LogP contribution in [0.2, 0.25) is 0 Å². The second kappa shape index (κ2) is 9.85. The number of nitrogens with zero attached hydrogens (tertiary/aromatic N) is 2. The molecule has 0 aliphatic carbocycles. The minimum Gasteiger partial charge on any atom is -0.334 e. The fraction of sp³-hybridized carbons (Fsp3) is 0.647. The maximum Gasteiger partial charge on any atom is 0.223 e. The van der Waals surface area contributed by atoms with Crippen LogP contribution in [0.25, 0.3) is 0 Å². The van der Waals surface area contributed by atoms with E-state index in [1.54, 1.807) is 18.0 Å². The highest BCUT2D eigenvalue weighted by atomic mass is 32.2. The number of thioether (sulfide) groups is 1. The van der Waals surface area contributed by atoms with Crippen molar-refractivity contribution < 1.29 is 4.79 Å². The van der Waals surface area contributed by atoms with Crippen molar-refractivity contribution in [2.75, 3.05) is 25.1 Å². The van der Waals surface area contributed by atoms with Crippen molar-refractivity contribution in [3.63, 3.8) is 0 Å². The van der Waals surface area contributed by atoms with Crippen molar-refractivity contribution in [3.8, 4) is 0 Å². The van der Waals surface area contributed by atoms with Gasteiger partial charge < -0.3 is 10.2 Å². The minimum absolute atomic E-state index is 0.284. The van der Waals surface area contributed by atoms with Crippen molar-refractivity contribution in [3.05, 3.63) is 30.1 Å². The summed E-state index contributed by atoms with van der Waals surface area (Å²) < 4.78 is 0. The summed E-state index contributed by atoms with van der Waals surface area (Å²) in [5.74, 6) is 1.33. The van der Waals surface area contributed by atoms with Gasteiger partial charge in [0.15, 0.2) is 0 Å². The zero-order valence-corrected chi connectivity index (χ0v) is 14.3. The monoisotopic (exact) mass is 321 g/mol. The molecule has 1 aromatic heterocycles. The highest BCUT2D eigenvalue weighted by molar-refractivity contribution is 7.98. The molecule has 1 N–H and O–H groups in total. The van der Waals surface area contributed by atoms with Crippen LogP contribution in [0.3, 0.4) is 0 Å². The van der Waals surface area contributed by atoms with Crippen LogP contribution in [-0.2, 0) is 11.3 Å². The molecule has 122 valence electrons. The lowest BCUT2D eigenvalue weighted by Crippen LogP contribution is -2.40. The molecule has 2 heterocycles. The first-order chi connectivity index (χ1) is 10.8. The Morgan fingerprint density at radius 2 is 2.32 bits per heavy atom. The number of nitrogens with one attached hydrogen (secondary N) is 1. The highest BCUT2D eigenvalue weighted by Crippen LogP contribution is 2.18. The topological polar surface area (TPSA) is 45.2 Å². The molecule has 1 amide bonds. The van der Waals surface area contributed by atoms with E-state index in [4.69, 9.17) is 0 Å². The molecule has 1 unspecified atom stereocenters. The fourth-order valence-electron chi connectivity index (χ4n) is 2.91. The molecule has 5 heteroatoms. The second-order valence-corrected chi connectivity index (χ2v) is 6.76. The molecule has 1 aliphatic heterocycles. The number of hydrogen-bond acceptors (Lipinski definition) is 4. The summed E-state index contributed by atoms with van der Waals surface area (Å²) in [4.78, 5) is 19.2. The largest absolute Gasteiger partial charge is 0.334 e. The van der Waals surface area contributed by atoms with Crippen LogP contribution in [0.5, 0.6) is 0 Å². The van der Waals surface area contributed by atoms with Crippen molar-refractivity contribution in [1.82, 2.24) is 15.2 Å². The molecule has 0 bridgehead atoms. The molecule has 1 fully saturated rings. The lowest BCUT2D eigenvalue weighted by molar-refractivity contribution is -0.134. The van der Waals surface area contributed by atoms with Gasteiger partial charge in [0.1, 0.15) is 0 Å². The molecular formula is C17H27N3OS. The van der Waals surface area contributed by atoms with Gasteiger partial charge in [0.05, 0.1) is 12.2 Å². The summed E-state index contributed by atoms with van der Waals surface area (Å²) in [7, 11) is 0. The van der Waals surface area contributed by atoms with Crippen molar-refractivity contribution in [2.45, 2.75) is 44.7 Å². The Morgan fingerprint density at radius 3 is 3.09 bits per heavy atom. The number of aromatic nitrogens is 1. The number of pyridine rings is 1. The average Bonchev–Trinajstić information content (AvgIpc) is 2.83. The SMILES string of the molecule is CSCCCC(=O)N(Cc1ccccn1)C1CCCNCC1. The van der Waals surface area contributed by atoms with E-state index in [0.717, 1.165) is 50.2 Å². The molecule has 22 heavy (non-hydrogen) atoms. The number of carbonyl (C=O) groups excluding carboxylic acids is 1. The summed E-state index contributed by atoms with van der Waals surface area (Å²) in [6, 6.07) is 6.27. The van der Waals surface area contributed by atoms with Gasteiger partial charge in [-0.15, -0.1) is 0 Å². The van der Waals surface area contributed by atoms with Gasteiger partial charge in [0.25, 0.3) is 0 Å². The lowest BCUT2D eigenvalue weighted by atomic mass is 10.1. The van der Waals surface area contributed by atoms with Gasteiger partial charge >= 0.3 is 0 Å². The van der Waals surface area contributed by atoms with Gasteiger partial charge in [-0.3, -0.25) is 9.78 Å². The molecule has 1 atom stereocenters. The van der Waals surface area contributed by atoms with Gasteiger partial charge in [-0.2, -0.15) is 11.8 Å². The highest BCUT2D eigenvalue weighted by Gasteiger charge is 2.24. The summed E-state index contributed by atoms with van der Waals surface area (Å²) >= 11 is 1.81. The van der Waals surface area contributed by atoms with Gasteiger partial charge in [0.2, 0.25) is 5.91 Å². The van der Waals surface area contributed by atoms with Crippen LogP contribution in [0, 0.1) is 0 Å². The van der Waals surface area contributed by atoms with E-state index in [0.29, 0.717) is 19.0 Å². The van der Waals surface area contributed by atoms with E-state index in [1.165, 1.54) is 0 Å². The molecule has 0 saturated carbocycles. The lowest BCUT2D eigenvalue weighted by Gasteiger charge is -2.31. The predicted octanol–water partition coefficient (Wildman–Crippen LogP) is 2.70. The molecule has 2 rings (SSSR count). The molecule has 1 saturated heterocycles. The first-order valence-electron chi connectivity index (χ1n) is 8.20. The fourth-order valence-corrected chi connectivity index (χ4v) is 3.34. The van der Waals surface area contributed by atoms with Crippen LogP contribution in [0.15, 0.2) is 24.4 Å². The van der Waals surface area contributed by atoms with Crippen LogP contribution >= 0.6 is 11.8 Å². The molecule has 1 aliphatic rings. The van der Waals surface area contributed by atoms with E-state index in [2.05, 4.69) is 21.5 Å². The van der Waals surface area contributed by atoms with Gasteiger partial charge in [-0.25, -0.2) is 0 Å². The quantitative estimate of drug-likeness (QED) is 0.784. The zero-order valence-electron chi connectivity index (χ0n) is 13.5. The summed E-state index contributed by atoms with van der Waals surface area (Å²) in [6.07, 6.45) is 8.78. The molecule has 4 nitrogen and oxygen atoms in total. The molecule has 0 radical (unpaired) electrons.